The van der Waals surface area contributed by atoms with E-state index in [2.05, 4.69) is 5.32 Å². The van der Waals surface area contributed by atoms with Gasteiger partial charge in [-0.2, -0.15) is 0 Å². The van der Waals surface area contributed by atoms with Crippen molar-refractivity contribution in [2.24, 2.45) is 5.41 Å². The van der Waals surface area contributed by atoms with Crippen LogP contribution in [0.25, 0.3) is 0 Å². The van der Waals surface area contributed by atoms with Crippen LogP contribution in [-0.2, 0) is 0 Å². The summed E-state index contributed by atoms with van der Waals surface area (Å²) in [5.74, 6) is -4.51. The molecule has 1 saturated carbocycles. The highest BCUT2D eigenvalue weighted by Gasteiger charge is 2.33. The Bertz CT molecular complexity index is 492. The SMILES string of the molecule is O=C(NCC1(CCl)CCCC1)c1cc(F)c(F)c(F)c1. The Morgan fingerprint density at radius 3 is 2.25 bits per heavy atom. The maximum Gasteiger partial charge on any atom is 0.251 e. The van der Waals surface area contributed by atoms with Crippen molar-refractivity contribution in [2.45, 2.75) is 25.7 Å². The molecule has 20 heavy (non-hydrogen) atoms. The van der Waals surface area contributed by atoms with Crippen molar-refractivity contribution in [3.8, 4) is 0 Å². The maximum absolute atomic E-state index is 13.1. The molecular formula is C14H15ClF3NO. The fourth-order valence-corrected chi connectivity index (χ4v) is 2.90. The van der Waals surface area contributed by atoms with E-state index in [1.165, 1.54) is 0 Å². The molecule has 0 atom stereocenters. The van der Waals surface area contributed by atoms with Gasteiger partial charge in [-0.1, -0.05) is 12.8 Å². The first-order valence-electron chi connectivity index (χ1n) is 6.46. The number of halogens is 4. The van der Waals surface area contributed by atoms with Crippen LogP contribution in [0.3, 0.4) is 0 Å². The van der Waals surface area contributed by atoms with Crippen molar-refractivity contribution in [3.05, 3.63) is 35.1 Å². The molecule has 0 aromatic heterocycles. The first-order chi connectivity index (χ1) is 9.47. The Kier molecular flexibility index (Phi) is 4.58. The molecule has 1 aliphatic rings. The number of benzene rings is 1. The third kappa shape index (κ3) is 3.08. The van der Waals surface area contributed by atoms with E-state index in [1.807, 2.05) is 0 Å². The topological polar surface area (TPSA) is 29.1 Å². The minimum absolute atomic E-state index is 0.145. The Hall–Kier alpha value is -1.23. The average molecular weight is 306 g/mol. The number of amides is 1. The highest BCUT2D eigenvalue weighted by molar-refractivity contribution is 6.18. The number of carbonyl (C=O) groups is 1. The van der Waals surface area contributed by atoms with E-state index in [4.69, 9.17) is 11.6 Å². The van der Waals surface area contributed by atoms with Crippen LogP contribution < -0.4 is 5.32 Å². The molecule has 2 rings (SSSR count). The lowest BCUT2D eigenvalue weighted by Crippen LogP contribution is -2.37. The van der Waals surface area contributed by atoms with Crippen LogP contribution in [-0.4, -0.2) is 18.3 Å². The summed E-state index contributed by atoms with van der Waals surface area (Å²) < 4.78 is 39.0. The minimum atomic E-state index is -1.57. The number of carbonyl (C=O) groups excluding carboxylic acids is 1. The molecule has 110 valence electrons. The molecule has 1 amide bonds. The molecule has 1 aliphatic carbocycles. The summed E-state index contributed by atoms with van der Waals surface area (Å²) in [7, 11) is 0. The number of nitrogens with one attached hydrogen (secondary N) is 1. The van der Waals surface area contributed by atoms with E-state index in [1.54, 1.807) is 0 Å². The third-order valence-corrected chi connectivity index (χ3v) is 4.38. The number of alkyl halides is 1. The largest absolute Gasteiger partial charge is 0.351 e. The third-order valence-electron chi connectivity index (χ3n) is 3.82. The van der Waals surface area contributed by atoms with Gasteiger partial charge < -0.3 is 5.32 Å². The second kappa shape index (κ2) is 6.04. The number of hydrogen-bond acceptors (Lipinski definition) is 1. The Balaban J connectivity index is 2.05. The van der Waals surface area contributed by atoms with E-state index < -0.39 is 23.4 Å². The van der Waals surface area contributed by atoms with Crippen molar-refractivity contribution >= 4 is 17.5 Å². The Morgan fingerprint density at radius 2 is 1.75 bits per heavy atom. The zero-order chi connectivity index (χ0) is 14.8. The lowest BCUT2D eigenvalue weighted by Gasteiger charge is -2.26. The molecule has 1 fully saturated rings. The zero-order valence-corrected chi connectivity index (χ0v) is 11.6. The Labute approximate surface area is 120 Å². The molecule has 0 aliphatic heterocycles. The molecule has 0 radical (unpaired) electrons. The molecule has 2 nitrogen and oxygen atoms in total. The van der Waals surface area contributed by atoms with Crippen molar-refractivity contribution < 1.29 is 18.0 Å². The Morgan fingerprint density at radius 1 is 1.20 bits per heavy atom. The summed E-state index contributed by atoms with van der Waals surface area (Å²) in [4.78, 5) is 11.9. The quantitative estimate of drug-likeness (QED) is 0.668. The van der Waals surface area contributed by atoms with Gasteiger partial charge in [-0.15, -0.1) is 11.6 Å². The van der Waals surface area contributed by atoms with Crippen LogP contribution in [0.15, 0.2) is 12.1 Å². The van der Waals surface area contributed by atoms with Crippen LogP contribution in [0.4, 0.5) is 13.2 Å². The van der Waals surface area contributed by atoms with E-state index >= 15 is 0 Å². The summed E-state index contributed by atoms with van der Waals surface area (Å²) in [5, 5.41) is 2.63. The van der Waals surface area contributed by atoms with E-state index in [0.717, 1.165) is 25.7 Å². The first kappa shape index (κ1) is 15.2. The normalized spacial score (nSPS) is 17.2. The molecular weight excluding hydrogens is 291 g/mol. The molecule has 0 saturated heterocycles. The van der Waals surface area contributed by atoms with Crippen molar-refractivity contribution in [1.29, 1.82) is 0 Å². The molecule has 0 unspecified atom stereocenters. The molecule has 0 bridgehead atoms. The van der Waals surface area contributed by atoms with Gasteiger partial charge in [-0.05, 0) is 25.0 Å². The molecule has 1 N–H and O–H groups in total. The summed E-state index contributed by atoms with van der Waals surface area (Å²) in [5.41, 5.74) is -0.377. The average Bonchev–Trinajstić information content (AvgIpc) is 2.91. The van der Waals surface area contributed by atoms with Crippen LogP contribution in [0.5, 0.6) is 0 Å². The fourth-order valence-electron chi connectivity index (χ4n) is 2.54. The van der Waals surface area contributed by atoms with Crippen molar-refractivity contribution in [3.63, 3.8) is 0 Å². The summed E-state index contributed by atoms with van der Waals surface area (Å²) >= 11 is 5.94. The second-order valence-electron chi connectivity index (χ2n) is 5.28. The minimum Gasteiger partial charge on any atom is -0.351 e. The molecule has 6 heteroatoms. The van der Waals surface area contributed by atoms with Gasteiger partial charge in [-0.25, -0.2) is 13.2 Å². The van der Waals surface area contributed by atoms with Gasteiger partial charge in [0, 0.05) is 23.4 Å². The summed E-state index contributed by atoms with van der Waals surface area (Å²) in [6.07, 6.45) is 3.95. The fraction of sp³-hybridized carbons (Fsp3) is 0.500. The van der Waals surface area contributed by atoms with Crippen LogP contribution in [0, 0.1) is 22.9 Å². The summed E-state index contributed by atoms with van der Waals surface area (Å²) in [6, 6.07) is 1.38. The highest BCUT2D eigenvalue weighted by atomic mass is 35.5. The molecule has 0 spiro atoms. The molecule has 1 aromatic carbocycles. The van der Waals surface area contributed by atoms with E-state index in [-0.39, 0.29) is 11.0 Å². The van der Waals surface area contributed by atoms with E-state index in [9.17, 15) is 18.0 Å². The van der Waals surface area contributed by atoms with Crippen molar-refractivity contribution in [2.75, 3.05) is 12.4 Å². The van der Waals surface area contributed by atoms with Gasteiger partial charge >= 0.3 is 0 Å². The van der Waals surface area contributed by atoms with Gasteiger partial charge in [0.05, 0.1) is 0 Å². The van der Waals surface area contributed by atoms with E-state index in [0.29, 0.717) is 24.6 Å². The lowest BCUT2D eigenvalue weighted by atomic mass is 9.88. The van der Waals surface area contributed by atoms with Crippen molar-refractivity contribution in [1.82, 2.24) is 5.32 Å². The molecule has 1 aromatic rings. The van der Waals surface area contributed by atoms with Crippen LogP contribution in [0.1, 0.15) is 36.0 Å². The van der Waals surface area contributed by atoms with Gasteiger partial charge in [-0.3, -0.25) is 4.79 Å². The first-order valence-corrected chi connectivity index (χ1v) is 7.00. The van der Waals surface area contributed by atoms with Crippen LogP contribution >= 0.6 is 11.6 Å². The standard InChI is InChI=1S/C14H15ClF3NO/c15-7-14(3-1-2-4-14)8-19-13(20)9-5-10(16)12(18)11(17)6-9/h5-6H,1-4,7-8H2,(H,19,20). The monoisotopic (exact) mass is 305 g/mol. The van der Waals surface area contributed by atoms with Gasteiger partial charge in [0.15, 0.2) is 17.5 Å². The summed E-state index contributed by atoms with van der Waals surface area (Å²) in [6.45, 7) is 0.357. The molecule has 0 heterocycles. The van der Waals surface area contributed by atoms with Gasteiger partial charge in [0.2, 0.25) is 0 Å². The predicted molar refractivity (Wildman–Crippen MR) is 70.3 cm³/mol. The van der Waals surface area contributed by atoms with Gasteiger partial charge in [0.1, 0.15) is 0 Å². The van der Waals surface area contributed by atoms with Crippen LogP contribution in [0.2, 0.25) is 0 Å². The second-order valence-corrected chi connectivity index (χ2v) is 5.54. The highest BCUT2D eigenvalue weighted by Crippen LogP contribution is 2.38. The number of hydrogen-bond donors (Lipinski definition) is 1. The number of rotatable bonds is 4. The van der Waals surface area contributed by atoms with Gasteiger partial charge in [0.25, 0.3) is 5.91 Å². The zero-order valence-electron chi connectivity index (χ0n) is 10.8. The maximum atomic E-state index is 13.1. The predicted octanol–water partition coefficient (Wildman–Crippen LogP) is 3.63. The lowest BCUT2D eigenvalue weighted by molar-refractivity contribution is 0.0934. The smallest absolute Gasteiger partial charge is 0.251 e.